The summed E-state index contributed by atoms with van der Waals surface area (Å²) in [6.45, 7) is 1.88. The average Bonchev–Trinajstić information content (AvgIpc) is 2.30. The molecular formula is C12H17FN2O2. The first-order chi connectivity index (χ1) is 8.08. The van der Waals surface area contributed by atoms with E-state index in [-0.39, 0.29) is 24.3 Å². The summed E-state index contributed by atoms with van der Waals surface area (Å²) in [5, 5.41) is 2.71. The van der Waals surface area contributed by atoms with E-state index in [1.807, 2.05) is 0 Å². The molecule has 3 N–H and O–H groups in total. The lowest BCUT2D eigenvalue weighted by atomic mass is 10.1. The van der Waals surface area contributed by atoms with Crippen molar-refractivity contribution in [2.75, 3.05) is 13.7 Å². The van der Waals surface area contributed by atoms with Gasteiger partial charge in [0.15, 0.2) is 0 Å². The van der Waals surface area contributed by atoms with Crippen molar-refractivity contribution in [1.29, 1.82) is 0 Å². The van der Waals surface area contributed by atoms with Crippen LogP contribution in [-0.4, -0.2) is 25.7 Å². The van der Waals surface area contributed by atoms with Crippen molar-refractivity contribution in [3.8, 4) is 0 Å². The van der Waals surface area contributed by atoms with Crippen LogP contribution in [0.3, 0.4) is 0 Å². The van der Waals surface area contributed by atoms with Crippen LogP contribution in [0.2, 0.25) is 0 Å². The minimum absolute atomic E-state index is 0.109. The summed E-state index contributed by atoms with van der Waals surface area (Å²) >= 11 is 0. The van der Waals surface area contributed by atoms with Crippen molar-refractivity contribution >= 4 is 5.91 Å². The van der Waals surface area contributed by atoms with E-state index in [9.17, 15) is 9.18 Å². The van der Waals surface area contributed by atoms with Gasteiger partial charge in [0.2, 0.25) is 0 Å². The minimum atomic E-state index is -0.675. The number of halogens is 1. The Labute approximate surface area is 100.0 Å². The summed E-state index contributed by atoms with van der Waals surface area (Å²) in [6.07, 6.45) is -0.675. The maximum Gasteiger partial charge on any atom is 0.250 e. The fraction of sp³-hybridized carbons (Fsp3) is 0.417. The predicted molar refractivity (Wildman–Crippen MR) is 62.8 cm³/mol. The van der Waals surface area contributed by atoms with E-state index < -0.39 is 6.10 Å². The van der Waals surface area contributed by atoms with E-state index >= 15 is 0 Å². The number of hydrogen-bond acceptors (Lipinski definition) is 3. The molecule has 0 radical (unpaired) electrons. The zero-order valence-electron chi connectivity index (χ0n) is 9.94. The van der Waals surface area contributed by atoms with Gasteiger partial charge < -0.3 is 15.8 Å². The lowest BCUT2D eigenvalue weighted by Crippen LogP contribution is -2.41. The number of methoxy groups -OCH3 is 1. The number of nitrogens with one attached hydrogen (secondary N) is 1. The van der Waals surface area contributed by atoms with E-state index in [1.165, 1.54) is 19.2 Å². The lowest BCUT2D eigenvalue weighted by molar-refractivity contribution is -0.131. The molecule has 1 rings (SSSR count). The molecule has 2 atom stereocenters. The Hall–Kier alpha value is -1.46. The fourth-order valence-corrected chi connectivity index (χ4v) is 1.48. The summed E-state index contributed by atoms with van der Waals surface area (Å²) < 4.78 is 17.9. The van der Waals surface area contributed by atoms with Crippen LogP contribution < -0.4 is 11.1 Å². The van der Waals surface area contributed by atoms with Crippen molar-refractivity contribution in [1.82, 2.24) is 5.32 Å². The molecule has 0 bridgehead atoms. The molecule has 5 heteroatoms. The van der Waals surface area contributed by atoms with Crippen LogP contribution in [0.4, 0.5) is 4.39 Å². The maximum absolute atomic E-state index is 13.0. The number of nitrogens with two attached hydrogens (primary N) is 1. The highest BCUT2D eigenvalue weighted by atomic mass is 19.1. The van der Waals surface area contributed by atoms with Gasteiger partial charge in [-0.2, -0.15) is 0 Å². The van der Waals surface area contributed by atoms with Crippen LogP contribution in [0.25, 0.3) is 0 Å². The average molecular weight is 240 g/mol. The van der Waals surface area contributed by atoms with Crippen LogP contribution in [0, 0.1) is 5.82 Å². The molecule has 1 aromatic rings. The first-order valence-electron chi connectivity index (χ1n) is 5.37. The number of carbonyl (C=O) groups is 1. The number of rotatable bonds is 5. The molecule has 17 heavy (non-hydrogen) atoms. The molecule has 0 aromatic heterocycles. The third kappa shape index (κ3) is 3.80. The fourth-order valence-electron chi connectivity index (χ4n) is 1.48. The smallest absolute Gasteiger partial charge is 0.250 e. The van der Waals surface area contributed by atoms with E-state index in [0.717, 1.165) is 0 Å². The summed E-state index contributed by atoms with van der Waals surface area (Å²) in [5.74, 6) is -0.627. The minimum Gasteiger partial charge on any atom is -0.370 e. The van der Waals surface area contributed by atoms with Gasteiger partial charge in [0.05, 0.1) is 6.04 Å². The number of amides is 1. The van der Waals surface area contributed by atoms with Gasteiger partial charge in [-0.25, -0.2) is 4.39 Å². The second-order valence-corrected chi connectivity index (χ2v) is 3.75. The molecule has 0 aliphatic carbocycles. The molecule has 1 amide bonds. The standard InChI is InChI=1S/C12H17FN2O2/c1-8(9-4-3-5-10(13)6-9)15-12(16)11(7-14)17-2/h3-6,8,11H,7,14H2,1-2H3,(H,15,16)/t8-,11?/m1/s1. The van der Waals surface area contributed by atoms with E-state index in [2.05, 4.69) is 5.32 Å². The predicted octanol–water partition coefficient (Wildman–Crippen LogP) is 0.977. The molecule has 0 spiro atoms. The SMILES string of the molecule is COC(CN)C(=O)N[C@H](C)c1cccc(F)c1. The summed E-state index contributed by atoms with van der Waals surface area (Å²) in [6, 6.07) is 5.80. The summed E-state index contributed by atoms with van der Waals surface area (Å²) in [4.78, 5) is 11.7. The van der Waals surface area contributed by atoms with Gasteiger partial charge in [-0.05, 0) is 24.6 Å². The Morgan fingerprint density at radius 1 is 1.59 bits per heavy atom. The van der Waals surface area contributed by atoms with Gasteiger partial charge in [0, 0.05) is 13.7 Å². The zero-order chi connectivity index (χ0) is 12.8. The maximum atomic E-state index is 13.0. The van der Waals surface area contributed by atoms with Crippen molar-refractivity contribution in [2.24, 2.45) is 5.73 Å². The number of ether oxygens (including phenoxy) is 1. The Kier molecular flexibility index (Phi) is 5.06. The summed E-state index contributed by atoms with van der Waals surface area (Å²) in [5.41, 5.74) is 6.08. The molecule has 1 unspecified atom stereocenters. The number of benzene rings is 1. The van der Waals surface area contributed by atoms with Gasteiger partial charge in [-0.3, -0.25) is 4.79 Å². The molecule has 0 heterocycles. The Morgan fingerprint density at radius 3 is 2.82 bits per heavy atom. The van der Waals surface area contributed by atoms with Crippen LogP contribution in [0.1, 0.15) is 18.5 Å². The van der Waals surface area contributed by atoms with Gasteiger partial charge in [0.25, 0.3) is 5.91 Å². The van der Waals surface area contributed by atoms with Gasteiger partial charge >= 0.3 is 0 Å². The second-order valence-electron chi connectivity index (χ2n) is 3.75. The van der Waals surface area contributed by atoms with Crippen LogP contribution in [0.5, 0.6) is 0 Å². The quantitative estimate of drug-likeness (QED) is 0.806. The van der Waals surface area contributed by atoms with Crippen molar-refractivity contribution < 1.29 is 13.9 Å². The van der Waals surface area contributed by atoms with Crippen molar-refractivity contribution in [3.05, 3.63) is 35.6 Å². The molecule has 0 saturated carbocycles. The van der Waals surface area contributed by atoms with Crippen LogP contribution in [0.15, 0.2) is 24.3 Å². The third-order valence-corrected chi connectivity index (χ3v) is 2.50. The Bertz CT molecular complexity index is 381. The molecule has 0 aliphatic rings. The Morgan fingerprint density at radius 2 is 2.29 bits per heavy atom. The number of carbonyl (C=O) groups excluding carboxylic acids is 1. The van der Waals surface area contributed by atoms with Crippen molar-refractivity contribution in [3.63, 3.8) is 0 Å². The van der Waals surface area contributed by atoms with Gasteiger partial charge in [-0.15, -0.1) is 0 Å². The highest BCUT2D eigenvalue weighted by Crippen LogP contribution is 2.13. The molecular weight excluding hydrogens is 223 g/mol. The van der Waals surface area contributed by atoms with Crippen LogP contribution >= 0.6 is 0 Å². The van der Waals surface area contributed by atoms with E-state index in [0.29, 0.717) is 5.56 Å². The molecule has 1 aromatic carbocycles. The Balaban J connectivity index is 2.66. The largest absolute Gasteiger partial charge is 0.370 e. The molecule has 0 aliphatic heterocycles. The third-order valence-electron chi connectivity index (χ3n) is 2.50. The number of hydrogen-bond donors (Lipinski definition) is 2. The normalized spacial score (nSPS) is 14.1. The van der Waals surface area contributed by atoms with Gasteiger partial charge in [-0.1, -0.05) is 12.1 Å². The highest BCUT2D eigenvalue weighted by molar-refractivity contribution is 5.81. The molecule has 94 valence electrons. The highest BCUT2D eigenvalue weighted by Gasteiger charge is 2.18. The monoisotopic (exact) mass is 240 g/mol. The molecule has 0 saturated heterocycles. The summed E-state index contributed by atoms with van der Waals surface area (Å²) in [7, 11) is 1.42. The second kappa shape index (κ2) is 6.32. The molecule has 4 nitrogen and oxygen atoms in total. The topological polar surface area (TPSA) is 64.3 Å². The zero-order valence-corrected chi connectivity index (χ0v) is 9.94. The first kappa shape index (κ1) is 13.6. The van der Waals surface area contributed by atoms with E-state index in [1.54, 1.807) is 19.1 Å². The first-order valence-corrected chi connectivity index (χ1v) is 5.37. The van der Waals surface area contributed by atoms with Gasteiger partial charge in [0.1, 0.15) is 11.9 Å². The molecule has 0 fully saturated rings. The van der Waals surface area contributed by atoms with Crippen molar-refractivity contribution in [2.45, 2.75) is 19.1 Å². The van der Waals surface area contributed by atoms with Crippen LogP contribution in [-0.2, 0) is 9.53 Å². The van der Waals surface area contributed by atoms with E-state index in [4.69, 9.17) is 10.5 Å². The lowest BCUT2D eigenvalue weighted by Gasteiger charge is -2.18.